The monoisotopic (exact) mass is 885 g/mol. The minimum absolute atomic E-state index is 0.127. The fraction of sp³-hybridized carbons (Fsp3) is 0.603. The van der Waals surface area contributed by atoms with Gasteiger partial charge in [0.05, 0.1) is 0 Å². The van der Waals surface area contributed by atoms with Crippen LogP contribution in [0.2, 0.25) is 0 Å². The summed E-state index contributed by atoms with van der Waals surface area (Å²) >= 11 is 0. The van der Waals surface area contributed by atoms with E-state index in [-0.39, 0.29) is 44.0 Å². The molecule has 0 aliphatic carbocycles. The molecule has 6 nitrogen and oxygen atoms in total. The zero-order chi connectivity index (χ0) is 46.5. The highest BCUT2D eigenvalue weighted by Gasteiger charge is 2.19. The summed E-state index contributed by atoms with van der Waals surface area (Å²) < 4.78 is 16.7. The number of hydrogen-bond acceptors (Lipinski definition) is 6. The van der Waals surface area contributed by atoms with Crippen molar-refractivity contribution in [2.75, 3.05) is 13.2 Å². The Morgan fingerprint density at radius 1 is 0.328 bits per heavy atom. The average molecular weight is 885 g/mol. The van der Waals surface area contributed by atoms with Crippen LogP contribution < -0.4 is 0 Å². The van der Waals surface area contributed by atoms with Gasteiger partial charge in [-0.15, -0.1) is 0 Å². The Bertz CT molecular complexity index is 1300. The molecule has 0 spiro atoms. The zero-order valence-corrected chi connectivity index (χ0v) is 41.0. The summed E-state index contributed by atoms with van der Waals surface area (Å²) in [7, 11) is 0. The van der Waals surface area contributed by atoms with E-state index in [9.17, 15) is 14.4 Å². The summed E-state index contributed by atoms with van der Waals surface area (Å²) in [6, 6.07) is 0. The lowest BCUT2D eigenvalue weighted by molar-refractivity contribution is -0.167. The van der Waals surface area contributed by atoms with Crippen LogP contribution in [0.25, 0.3) is 0 Å². The van der Waals surface area contributed by atoms with Crippen molar-refractivity contribution in [3.63, 3.8) is 0 Å². The molecule has 0 heterocycles. The molecular formula is C58H92O6. The fourth-order valence-electron chi connectivity index (χ4n) is 6.45. The van der Waals surface area contributed by atoms with Crippen LogP contribution in [0.3, 0.4) is 0 Å². The van der Waals surface area contributed by atoms with Gasteiger partial charge in [0.1, 0.15) is 13.2 Å². The SMILES string of the molecule is CC/C=C\C/C=C\C/C=C\C/C=C\C/C=C\CCCC(=O)OCC(COC(=O)CCC/C=C\C/C=C\C/C=C\C/C=C\C/C=C\CC)OC(=O)CCCCCCCCCCCCCC. The second-order valence-corrected chi connectivity index (χ2v) is 16.3. The van der Waals surface area contributed by atoms with Gasteiger partial charge in [-0.3, -0.25) is 14.4 Å². The average Bonchev–Trinajstić information content (AvgIpc) is 3.29. The maximum absolute atomic E-state index is 12.8. The van der Waals surface area contributed by atoms with Crippen molar-refractivity contribution >= 4 is 17.9 Å². The maximum Gasteiger partial charge on any atom is 0.306 e. The smallest absolute Gasteiger partial charge is 0.306 e. The van der Waals surface area contributed by atoms with Crippen LogP contribution >= 0.6 is 0 Å². The van der Waals surface area contributed by atoms with Crippen molar-refractivity contribution in [2.24, 2.45) is 0 Å². The minimum Gasteiger partial charge on any atom is -0.462 e. The first-order valence-corrected chi connectivity index (χ1v) is 25.5. The Balaban J connectivity index is 4.57. The molecule has 0 aromatic carbocycles. The molecule has 0 radical (unpaired) electrons. The Morgan fingerprint density at radius 3 is 0.938 bits per heavy atom. The summed E-state index contributed by atoms with van der Waals surface area (Å²) in [5.41, 5.74) is 0. The zero-order valence-electron chi connectivity index (χ0n) is 41.0. The van der Waals surface area contributed by atoms with Gasteiger partial charge in [0.2, 0.25) is 0 Å². The summed E-state index contributed by atoms with van der Waals surface area (Å²) in [5.74, 6) is -1.04. The van der Waals surface area contributed by atoms with E-state index in [0.29, 0.717) is 19.3 Å². The molecular weight excluding hydrogens is 793 g/mol. The van der Waals surface area contributed by atoms with Crippen LogP contribution in [0.1, 0.15) is 207 Å². The molecule has 0 saturated heterocycles. The topological polar surface area (TPSA) is 78.9 Å². The molecule has 360 valence electrons. The first-order chi connectivity index (χ1) is 31.5. The Kier molecular flexibility index (Phi) is 48.1. The largest absolute Gasteiger partial charge is 0.462 e. The van der Waals surface area contributed by atoms with Gasteiger partial charge in [0.15, 0.2) is 6.10 Å². The van der Waals surface area contributed by atoms with Gasteiger partial charge in [-0.1, -0.05) is 213 Å². The molecule has 0 rings (SSSR count). The third kappa shape index (κ3) is 48.8. The van der Waals surface area contributed by atoms with Crippen LogP contribution in [0.15, 0.2) is 122 Å². The third-order valence-corrected chi connectivity index (χ3v) is 10.2. The second kappa shape index (κ2) is 51.4. The lowest BCUT2D eigenvalue weighted by Gasteiger charge is -2.18. The number of carbonyl (C=O) groups is 3. The molecule has 0 aliphatic rings. The predicted octanol–water partition coefficient (Wildman–Crippen LogP) is 16.9. The normalized spacial score (nSPS) is 12.7. The predicted molar refractivity (Wildman–Crippen MR) is 274 cm³/mol. The van der Waals surface area contributed by atoms with Crippen molar-refractivity contribution in [3.05, 3.63) is 122 Å². The molecule has 0 N–H and O–H groups in total. The molecule has 0 bridgehead atoms. The van der Waals surface area contributed by atoms with Crippen molar-refractivity contribution in [2.45, 2.75) is 213 Å². The highest BCUT2D eigenvalue weighted by molar-refractivity contribution is 5.71. The van der Waals surface area contributed by atoms with Gasteiger partial charge >= 0.3 is 17.9 Å². The number of esters is 3. The molecule has 0 saturated carbocycles. The summed E-state index contributed by atoms with van der Waals surface area (Å²) in [4.78, 5) is 37.9. The van der Waals surface area contributed by atoms with E-state index in [0.717, 1.165) is 96.3 Å². The van der Waals surface area contributed by atoms with Crippen LogP contribution in [-0.2, 0) is 28.6 Å². The Labute approximate surface area is 392 Å². The van der Waals surface area contributed by atoms with Crippen LogP contribution in [0, 0.1) is 0 Å². The van der Waals surface area contributed by atoms with E-state index in [1.54, 1.807) is 0 Å². The number of allylic oxidation sites excluding steroid dienone is 20. The van der Waals surface area contributed by atoms with Crippen molar-refractivity contribution in [3.8, 4) is 0 Å². The van der Waals surface area contributed by atoms with E-state index in [1.807, 2.05) is 0 Å². The molecule has 0 atom stereocenters. The number of carbonyl (C=O) groups excluding carboxylic acids is 3. The van der Waals surface area contributed by atoms with E-state index in [2.05, 4.69) is 142 Å². The van der Waals surface area contributed by atoms with Crippen molar-refractivity contribution in [1.29, 1.82) is 0 Å². The number of unbranched alkanes of at least 4 members (excludes halogenated alkanes) is 13. The molecule has 0 unspecified atom stereocenters. The van der Waals surface area contributed by atoms with Crippen molar-refractivity contribution < 1.29 is 28.6 Å². The lowest BCUT2D eigenvalue weighted by Crippen LogP contribution is -2.30. The van der Waals surface area contributed by atoms with Gasteiger partial charge in [-0.25, -0.2) is 0 Å². The first-order valence-electron chi connectivity index (χ1n) is 25.5. The molecule has 0 fully saturated rings. The molecule has 0 aromatic heterocycles. The van der Waals surface area contributed by atoms with E-state index >= 15 is 0 Å². The van der Waals surface area contributed by atoms with Gasteiger partial charge in [-0.2, -0.15) is 0 Å². The lowest BCUT2D eigenvalue weighted by atomic mass is 10.0. The van der Waals surface area contributed by atoms with Gasteiger partial charge < -0.3 is 14.2 Å². The minimum atomic E-state index is -0.824. The van der Waals surface area contributed by atoms with Gasteiger partial charge in [0.25, 0.3) is 0 Å². The first kappa shape index (κ1) is 59.8. The fourth-order valence-corrected chi connectivity index (χ4v) is 6.45. The summed E-state index contributed by atoms with van der Waals surface area (Å²) in [6.45, 7) is 6.29. The van der Waals surface area contributed by atoms with E-state index in [4.69, 9.17) is 14.2 Å². The van der Waals surface area contributed by atoms with E-state index < -0.39 is 6.10 Å². The third-order valence-electron chi connectivity index (χ3n) is 10.2. The second-order valence-electron chi connectivity index (χ2n) is 16.3. The highest BCUT2D eigenvalue weighted by Crippen LogP contribution is 2.14. The standard InChI is InChI=1S/C58H92O6/c1-4-7-10-13-16-19-22-25-27-29-31-33-36-38-41-44-47-50-56(59)62-53-55(64-58(61)52-49-46-43-40-35-24-21-18-15-12-9-6-3)54-63-57(60)51-48-45-42-39-37-34-32-30-28-26-23-20-17-14-11-8-5-2/h7-8,10-11,16-17,19-20,25-28,31-34,38-39,41-42,55H,4-6,9,12-15,18,21-24,29-30,35-37,40,43-54H2,1-3H3/b10-7-,11-8-,19-16-,20-17-,27-25-,28-26-,33-31-,34-32-,41-38-,42-39-. The summed E-state index contributed by atoms with van der Waals surface area (Å²) in [6.07, 6.45) is 70.5. The van der Waals surface area contributed by atoms with E-state index in [1.165, 1.54) is 57.8 Å². The van der Waals surface area contributed by atoms with Crippen LogP contribution in [-0.4, -0.2) is 37.2 Å². The van der Waals surface area contributed by atoms with Gasteiger partial charge in [0, 0.05) is 19.3 Å². The quantitative estimate of drug-likeness (QED) is 0.0262. The Hall–Kier alpha value is -4.19. The molecule has 0 aromatic rings. The van der Waals surface area contributed by atoms with Crippen LogP contribution in [0.5, 0.6) is 0 Å². The number of hydrogen-bond donors (Lipinski definition) is 0. The Morgan fingerprint density at radius 2 is 0.609 bits per heavy atom. The molecule has 0 amide bonds. The number of rotatable bonds is 44. The molecule has 6 heteroatoms. The highest BCUT2D eigenvalue weighted by atomic mass is 16.6. The van der Waals surface area contributed by atoms with Gasteiger partial charge in [-0.05, 0) is 96.3 Å². The van der Waals surface area contributed by atoms with Crippen LogP contribution in [0.4, 0.5) is 0 Å². The summed E-state index contributed by atoms with van der Waals surface area (Å²) in [5, 5.41) is 0. The van der Waals surface area contributed by atoms with Crippen molar-refractivity contribution in [1.82, 2.24) is 0 Å². The maximum atomic E-state index is 12.8. The number of ether oxygens (including phenoxy) is 3. The molecule has 64 heavy (non-hydrogen) atoms. The molecule has 0 aliphatic heterocycles.